The first-order valence-electron chi connectivity index (χ1n) is 10.9. The molecule has 6 rings (SSSR count). The highest BCUT2D eigenvalue weighted by atomic mass is 15.0. The smallest absolute Gasteiger partial charge is 0.0585 e. The van der Waals surface area contributed by atoms with Crippen molar-refractivity contribution in [3.63, 3.8) is 0 Å². The predicted octanol–water partition coefficient (Wildman–Crippen LogP) is 8.12. The van der Waals surface area contributed by atoms with Crippen LogP contribution in [0.25, 0.3) is 44.2 Å². The van der Waals surface area contributed by atoms with Crippen molar-refractivity contribution in [2.45, 2.75) is 26.2 Å². The fourth-order valence-corrected chi connectivity index (χ4v) is 5.56. The minimum absolute atomic E-state index is 0.0754. The quantitative estimate of drug-likeness (QED) is 0.282. The number of fused-ring (bicyclic) bond motifs is 7. The molecule has 0 aliphatic heterocycles. The van der Waals surface area contributed by atoms with Gasteiger partial charge in [0.2, 0.25) is 0 Å². The van der Waals surface area contributed by atoms with Crippen LogP contribution in [0.1, 0.15) is 37.5 Å². The van der Waals surface area contributed by atoms with Crippen LogP contribution in [0.15, 0.2) is 91.5 Å². The zero-order valence-electron chi connectivity index (χ0n) is 18.2. The summed E-state index contributed by atoms with van der Waals surface area (Å²) < 4.78 is 2.45. The molecule has 1 aromatic heterocycles. The Kier molecular flexibility index (Phi) is 3.65. The van der Waals surface area contributed by atoms with Gasteiger partial charge in [-0.25, -0.2) is 0 Å². The van der Waals surface area contributed by atoms with E-state index in [0.717, 1.165) is 5.57 Å². The fraction of sp³-hybridized carbons (Fsp3) is 0.133. The zero-order chi connectivity index (χ0) is 21.3. The molecule has 1 nitrogen and oxygen atoms in total. The summed E-state index contributed by atoms with van der Waals surface area (Å²) in [4.78, 5) is 0. The van der Waals surface area contributed by atoms with Gasteiger partial charge in [-0.1, -0.05) is 92.7 Å². The standard InChI is InChI=1S/C30H25N/c1-19(2)20-13-16-22(17-14-20)31-26-12-8-7-11-24(26)28-29(31)25-18-15-21-9-5-6-10-23(21)27(25)30(28,3)4/h5-18H,1H2,2-4H3. The van der Waals surface area contributed by atoms with E-state index in [1.165, 1.54) is 55.3 Å². The van der Waals surface area contributed by atoms with E-state index in [0.29, 0.717) is 0 Å². The maximum Gasteiger partial charge on any atom is 0.0585 e. The van der Waals surface area contributed by atoms with Crippen LogP contribution >= 0.6 is 0 Å². The first-order chi connectivity index (χ1) is 15.0. The number of allylic oxidation sites excluding steroid dienone is 1. The largest absolute Gasteiger partial charge is 0.309 e. The third-order valence-electron chi connectivity index (χ3n) is 6.93. The number of hydrogen-bond acceptors (Lipinski definition) is 0. The van der Waals surface area contributed by atoms with E-state index in [1.807, 2.05) is 0 Å². The van der Waals surface area contributed by atoms with E-state index in [9.17, 15) is 0 Å². The molecule has 0 atom stereocenters. The summed E-state index contributed by atoms with van der Waals surface area (Å²) in [6.07, 6.45) is 0. The lowest BCUT2D eigenvalue weighted by atomic mass is 9.79. The molecule has 0 unspecified atom stereocenters. The normalized spacial score (nSPS) is 14.0. The first kappa shape index (κ1) is 18.2. The minimum Gasteiger partial charge on any atom is -0.309 e. The Bertz CT molecular complexity index is 1510. The van der Waals surface area contributed by atoms with Crippen LogP contribution in [0.4, 0.5) is 0 Å². The van der Waals surface area contributed by atoms with Crippen molar-refractivity contribution in [3.8, 4) is 16.9 Å². The first-order valence-corrected chi connectivity index (χ1v) is 10.9. The van der Waals surface area contributed by atoms with Crippen molar-refractivity contribution in [3.05, 3.63) is 108 Å². The van der Waals surface area contributed by atoms with Crippen molar-refractivity contribution in [2.75, 3.05) is 0 Å². The van der Waals surface area contributed by atoms with Crippen molar-refractivity contribution < 1.29 is 0 Å². The molecule has 150 valence electrons. The second-order valence-electron chi connectivity index (χ2n) is 9.24. The van der Waals surface area contributed by atoms with Crippen LogP contribution in [0.2, 0.25) is 0 Å². The molecule has 1 aliphatic rings. The highest BCUT2D eigenvalue weighted by Crippen LogP contribution is 2.55. The minimum atomic E-state index is -0.0754. The average Bonchev–Trinajstić information content (AvgIpc) is 3.25. The molecule has 0 amide bonds. The van der Waals surface area contributed by atoms with Gasteiger partial charge in [0.1, 0.15) is 0 Å². The summed E-state index contributed by atoms with van der Waals surface area (Å²) in [6.45, 7) is 10.9. The topological polar surface area (TPSA) is 4.93 Å². The lowest BCUT2D eigenvalue weighted by Crippen LogP contribution is -2.15. The number of aromatic nitrogens is 1. The van der Waals surface area contributed by atoms with E-state index in [1.54, 1.807) is 0 Å². The molecule has 4 aromatic carbocycles. The molecule has 1 aliphatic carbocycles. The average molecular weight is 400 g/mol. The summed E-state index contributed by atoms with van der Waals surface area (Å²) in [6, 6.07) is 31.0. The molecule has 31 heavy (non-hydrogen) atoms. The van der Waals surface area contributed by atoms with Crippen LogP contribution in [-0.2, 0) is 5.41 Å². The monoisotopic (exact) mass is 399 g/mol. The predicted molar refractivity (Wildman–Crippen MR) is 133 cm³/mol. The van der Waals surface area contributed by atoms with E-state index >= 15 is 0 Å². The number of para-hydroxylation sites is 1. The van der Waals surface area contributed by atoms with Gasteiger partial charge in [-0.3, -0.25) is 0 Å². The van der Waals surface area contributed by atoms with Crippen molar-refractivity contribution >= 4 is 27.2 Å². The molecular formula is C30H25N. The van der Waals surface area contributed by atoms with Gasteiger partial charge in [0, 0.05) is 22.1 Å². The van der Waals surface area contributed by atoms with Crippen LogP contribution < -0.4 is 0 Å². The molecule has 0 spiro atoms. The number of rotatable bonds is 2. The molecule has 0 N–H and O–H groups in total. The van der Waals surface area contributed by atoms with E-state index in [2.05, 4.69) is 117 Å². The van der Waals surface area contributed by atoms with E-state index in [4.69, 9.17) is 0 Å². The number of hydrogen-bond donors (Lipinski definition) is 0. The van der Waals surface area contributed by atoms with Gasteiger partial charge in [0.25, 0.3) is 0 Å². The second-order valence-corrected chi connectivity index (χ2v) is 9.24. The molecule has 0 saturated carbocycles. The van der Waals surface area contributed by atoms with E-state index < -0.39 is 0 Å². The van der Waals surface area contributed by atoms with Gasteiger partial charge in [-0.15, -0.1) is 0 Å². The Morgan fingerprint density at radius 2 is 1.42 bits per heavy atom. The summed E-state index contributed by atoms with van der Waals surface area (Å²) in [5.41, 5.74) is 10.2. The third-order valence-corrected chi connectivity index (χ3v) is 6.93. The Morgan fingerprint density at radius 1 is 0.742 bits per heavy atom. The van der Waals surface area contributed by atoms with Crippen molar-refractivity contribution in [1.29, 1.82) is 0 Å². The van der Waals surface area contributed by atoms with Crippen LogP contribution in [0.5, 0.6) is 0 Å². The Hall–Kier alpha value is -3.58. The Labute approximate surface area is 183 Å². The summed E-state index contributed by atoms with van der Waals surface area (Å²) in [5, 5.41) is 4.00. The van der Waals surface area contributed by atoms with Crippen molar-refractivity contribution in [2.24, 2.45) is 0 Å². The zero-order valence-corrected chi connectivity index (χ0v) is 18.2. The molecule has 1 heterocycles. The SMILES string of the molecule is C=C(C)c1ccc(-n2c3c(c4ccccc42)C(C)(C)c2c-3ccc3ccccc23)cc1. The molecular weight excluding hydrogens is 374 g/mol. The summed E-state index contributed by atoms with van der Waals surface area (Å²) >= 11 is 0. The van der Waals surface area contributed by atoms with Gasteiger partial charge in [0.05, 0.1) is 11.2 Å². The molecule has 1 heteroatoms. The van der Waals surface area contributed by atoms with Gasteiger partial charge in [-0.2, -0.15) is 0 Å². The van der Waals surface area contributed by atoms with Crippen molar-refractivity contribution in [1.82, 2.24) is 4.57 Å². The van der Waals surface area contributed by atoms with Gasteiger partial charge in [-0.05, 0) is 52.6 Å². The molecule has 5 aromatic rings. The van der Waals surface area contributed by atoms with Gasteiger partial charge in [0.15, 0.2) is 0 Å². The highest BCUT2D eigenvalue weighted by Gasteiger charge is 2.41. The van der Waals surface area contributed by atoms with Crippen LogP contribution in [-0.4, -0.2) is 4.57 Å². The second kappa shape index (κ2) is 6.21. The maximum atomic E-state index is 4.10. The lowest BCUT2D eigenvalue weighted by Gasteiger charge is -2.23. The van der Waals surface area contributed by atoms with E-state index in [-0.39, 0.29) is 5.41 Å². The number of benzene rings is 4. The molecule has 0 fully saturated rings. The Morgan fingerprint density at radius 3 is 2.16 bits per heavy atom. The highest BCUT2D eigenvalue weighted by molar-refractivity contribution is 6.04. The summed E-state index contributed by atoms with van der Waals surface area (Å²) in [7, 11) is 0. The fourth-order valence-electron chi connectivity index (χ4n) is 5.56. The maximum absolute atomic E-state index is 4.10. The number of nitrogens with zero attached hydrogens (tertiary/aromatic N) is 1. The van der Waals surface area contributed by atoms with Crippen LogP contribution in [0.3, 0.4) is 0 Å². The molecule has 0 saturated heterocycles. The third kappa shape index (κ3) is 2.38. The molecule has 0 radical (unpaired) electrons. The van der Waals surface area contributed by atoms with Gasteiger partial charge >= 0.3 is 0 Å². The summed E-state index contributed by atoms with van der Waals surface area (Å²) in [5.74, 6) is 0. The van der Waals surface area contributed by atoms with Gasteiger partial charge < -0.3 is 4.57 Å². The Balaban J connectivity index is 1.75. The van der Waals surface area contributed by atoms with Crippen LogP contribution in [0, 0.1) is 0 Å². The molecule has 0 bridgehead atoms. The lowest BCUT2D eigenvalue weighted by molar-refractivity contribution is 0.672.